The van der Waals surface area contributed by atoms with Crippen LogP contribution in [0.2, 0.25) is 0 Å². The average molecular weight is 430 g/mol. The molecular weight excluding hydrogens is 406 g/mol. The van der Waals surface area contributed by atoms with E-state index in [9.17, 15) is 19.2 Å². The van der Waals surface area contributed by atoms with Crippen molar-refractivity contribution in [2.24, 2.45) is 0 Å². The molecule has 3 heterocycles. The van der Waals surface area contributed by atoms with Crippen molar-refractivity contribution in [2.45, 2.75) is 50.6 Å². The Morgan fingerprint density at radius 2 is 1.97 bits per heavy atom. The van der Waals surface area contributed by atoms with Crippen LogP contribution in [0.1, 0.15) is 43.6 Å². The molecule has 158 valence electrons. The molecule has 0 radical (unpaired) electrons. The van der Waals surface area contributed by atoms with E-state index in [1.165, 1.54) is 4.68 Å². The molecule has 4 rings (SSSR count). The Balaban J connectivity index is 1.54. The molecule has 0 spiro atoms. The van der Waals surface area contributed by atoms with Crippen LogP contribution in [-0.2, 0) is 16.1 Å². The zero-order valence-corrected chi connectivity index (χ0v) is 17.6. The van der Waals surface area contributed by atoms with E-state index in [0.29, 0.717) is 42.3 Å². The third-order valence-electron chi connectivity index (χ3n) is 5.56. The number of nitrogens with one attached hydrogen (secondary N) is 2. The molecule has 10 heteroatoms. The number of thioether (sulfide) groups is 1. The van der Waals surface area contributed by atoms with E-state index in [0.717, 1.165) is 0 Å². The van der Waals surface area contributed by atoms with Gasteiger partial charge < -0.3 is 4.90 Å². The minimum absolute atomic E-state index is 0.0479. The van der Waals surface area contributed by atoms with Gasteiger partial charge in [0, 0.05) is 24.1 Å². The molecule has 0 aliphatic carbocycles. The number of hydrazine groups is 1. The van der Waals surface area contributed by atoms with Gasteiger partial charge in [0.1, 0.15) is 6.04 Å². The van der Waals surface area contributed by atoms with Gasteiger partial charge in [-0.2, -0.15) is 5.10 Å². The number of amides is 3. The number of hydrogen-bond acceptors (Lipinski definition) is 6. The lowest BCUT2D eigenvalue weighted by atomic mass is 10.1. The van der Waals surface area contributed by atoms with Crippen LogP contribution in [0.5, 0.6) is 0 Å². The van der Waals surface area contributed by atoms with Crippen molar-refractivity contribution in [3.05, 3.63) is 40.3 Å². The van der Waals surface area contributed by atoms with Gasteiger partial charge in [-0.15, -0.1) is 11.8 Å². The fourth-order valence-electron chi connectivity index (χ4n) is 4.04. The Bertz CT molecular complexity index is 1100. The van der Waals surface area contributed by atoms with Gasteiger partial charge in [-0.3, -0.25) is 30.0 Å². The summed E-state index contributed by atoms with van der Waals surface area (Å²) in [6, 6.07) is 6.12. The number of nitrogens with zero attached hydrogens (tertiary/aromatic N) is 3. The number of hydrogen-bond donors (Lipinski definition) is 2. The number of carbonyl (C=O) groups is 3. The van der Waals surface area contributed by atoms with E-state index in [1.807, 2.05) is 13.8 Å². The molecule has 2 aliphatic heterocycles. The fourth-order valence-corrected chi connectivity index (χ4v) is 5.47. The van der Waals surface area contributed by atoms with Crippen molar-refractivity contribution in [1.29, 1.82) is 0 Å². The SMILES string of the molecule is CCCn1nc(C(=O)NNC(=O)[C@@H]2CS[C@]3(C)CCC(=O)N23)c2ccccc2c1=O. The van der Waals surface area contributed by atoms with Gasteiger partial charge in [-0.1, -0.05) is 25.1 Å². The Morgan fingerprint density at radius 3 is 2.70 bits per heavy atom. The average Bonchev–Trinajstić information content (AvgIpc) is 3.24. The summed E-state index contributed by atoms with van der Waals surface area (Å²) in [7, 11) is 0. The number of rotatable bonds is 4. The molecule has 2 N–H and O–H groups in total. The van der Waals surface area contributed by atoms with Gasteiger partial charge in [-0.25, -0.2) is 4.68 Å². The number of aromatic nitrogens is 2. The van der Waals surface area contributed by atoms with Crippen LogP contribution in [0.15, 0.2) is 29.1 Å². The zero-order chi connectivity index (χ0) is 21.5. The molecule has 2 fully saturated rings. The number of fused-ring (bicyclic) bond motifs is 2. The monoisotopic (exact) mass is 429 g/mol. The molecule has 0 bridgehead atoms. The Labute approximate surface area is 177 Å². The maximum Gasteiger partial charge on any atom is 0.290 e. The molecule has 30 heavy (non-hydrogen) atoms. The van der Waals surface area contributed by atoms with E-state index < -0.39 is 17.9 Å². The largest absolute Gasteiger partial charge is 0.315 e. The van der Waals surface area contributed by atoms with Gasteiger partial charge in [-0.05, 0) is 25.8 Å². The molecule has 9 nitrogen and oxygen atoms in total. The lowest BCUT2D eigenvalue weighted by Crippen LogP contribution is -2.54. The first-order valence-electron chi connectivity index (χ1n) is 9.92. The van der Waals surface area contributed by atoms with E-state index >= 15 is 0 Å². The zero-order valence-electron chi connectivity index (χ0n) is 16.8. The maximum atomic E-state index is 12.8. The van der Waals surface area contributed by atoms with Crippen molar-refractivity contribution in [3.63, 3.8) is 0 Å². The second-order valence-electron chi connectivity index (χ2n) is 7.63. The first-order chi connectivity index (χ1) is 14.4. The van der Waals surface area contributed by atoms with Crippen molar-refractivity contribution in [3.8, 4) is 0 Å². The highest BCUT2D eigenvalue weighted by atomic mass is 32.2. The molecule has 1 aromatic carbocycles. The van der Waals surface area contributed by atoms with Crippen molar-refractivity contribution >= 4 is 40.3 Å². The van der Waals surface area contributed by atoms with Crippen molar-refractivity contribution < 1.29 is 14.4 Å². The second kappa shape index (κ2) is 7.75. The first kappa shape index (κ1) is 20.4. The summed E-state index contributed by atoms with van der Waals surface area (Å²) in [6.45, 7) is 4.25. The summed E-state index contributed by atoms with van der Waals surface area (Å²) < 4.78 is 1.26. The molecule has 2 aromatic rings. The van der Waals surface area contributed by atoms with E-state index in [2.05, 4.69) is 16.0 Å². The Morgan fingerprint density at radius 1 is 1.23 bits per heavy atom. The molecule has 3 amide bonds. The van der Waals surface area contributed by atoms with Crippen LogP contribution in [0.4, 0.5) is 0 Å². The van der Waals surface area contributed by atoms with Gasteiger partial charge in [0.2, 0.25) is 5.91 Å². The molecule has 0 unspecified atom stereocenters. The molecule has 1 aromatic heterocycles. The van der Waals surface area contributed by atoms with Crippen LogP contribution >= 0.6 is 11.8 Å². The standard InChI is InChI=1S/C20H23N5O4S/c1-3-10-24-19(29)13-7-5-4-6-12(13)16(23-24)18(28)22-21-17(27)14-11-30-20(2)9-8-15(26)25(14)20/h4-7,14H,3,8-11H2,1-2H3,(H,21,27)(H,22,28)/t14-,20+/m0/s1. The summed E-state index contributed by atoms with van der Waals surface area (Å²) in [5.74, 6) is -0.633. The van der Waals surface area contributed by atoms with Crippen LogP contribution in [0.25, 0.3) is 10.8 Å². The van der Waals surface area contributed by atoms with Crippen molar-refractivity contribution in [2.75, 3.05) is 5.75 Å². The van der Waals surface area contributed by atoms with Crippen LogP contribution in [-0.4, -0.2) is 49.1 Å². The summed E-state index contributed by atoms with van der Waals surface area (Å²) in [5.41, 5.74) is 4.63. The predicted molar refractivity (Wildman–Crippen MR) is 113 cm³/mol. The topological polar surface area (TPSA) is 113 Å². The number of aryl methyl sites for hydroxylation is 1. The van der Waals surface area contributed by atoms with Gasteiger partial charge in [0.15, 0.2) is 5.69 Å². The van der Waals surface area contributed by atoms with Crippen LogP contribution in [0.3, 0.4) is 0 Å². The van der Waals surface area contributed by atoms with Crippen LogP contribution < -0.4 is 16.4 Å². The smallest absolute Gasteiger partial charge is 0.290 e. The molecule has 2 atom stereocenters. The number of carbonyl (C=O) groups excluding carboxylic acids is 3. The fraction of sp³-hybridized carbons (Fsp3) is 0.450. The predicted octanol–water partition coefficient (Wildman–Crippen LogP) is 1.02. The Kier molecular flexibility index (Phi) is 5.27. The first-order valence-corrected chi connectivity index (χ1v) is 10.9. The summed E-state index contributed by atoms with van der Waals surface area (Å²) in [5, 5.41) is 5.02. The number of benzene rings is 1. The second-order valence-corrected chi connectivity index (χ2v) is 9.13. The minimum Gasteiger partial charge on any atom is -0.315 e. The maximum absolute atomic E-state index is 12.8. The molecule has 0 saturated carbocycles. The third kappa shape index (κ3) is 3.34. The molecule has 2 saturated heterocycles. The third-order valence-corrected chi connectivity index (χ3v) is 7.07. The highest BCUT2D eigenvalue weighted by Gasteiger charge is 2.52. The van der Waals surface area contributed by atoms with E-state index in [1.54, 1.807) is 40.9 Å². The normalized spacial score (nSPS) is 22.9. The Hall–Kier alpha value is -2.88. The lowest BCUT2D eigenvalue weighted by molar-refractivity contribution is -0.138. The van der Waals surface area contributed by atoms with Gasteiger partial charge in [0.25, 0.3) is 17.4 Å². The van der Waals surface area contributed by atoms with E-state index in [-0.39, 0.29) is 22.0 Å². The summed E-state index contributed by atoms with van der Waals surface area (Å²) in [6.07, 6.45) is 1.82. The minimum atomic E-state index is -0.631. The summed E-state index contributed by atoms with van der Waals surface area (Å²) in [4.78, 5) is 51.5. The van der Waals surface area contributed by atoms with E-state index in [4.69, 9.17) is 0 Å². The van der Waals surface area contributed by atoms with Gasteiger partial charge in [0.05, 0.1) is 10.3 Å². The lowest BCUT2D eigenvalue weighted by Gasteiger charge is -2.29. The highest BCUT2D eigenvalue weighted by Crippen LogP contribution is 2.47. The highest BCUT2D eigenvalue weighted by molar-refractivity contribution is 8.01. The molecule has 2 aliphatic rings. The van der Waals surface area contributed by atoms with Crippen molar-refractivity contribution in [1.82, 2.24) is 25.5 Å². The van der Waals surface area contributed by atoms with Crippen LogP contribution in [0, 0.1) is 0 Å². The summed E-state index contributed by atoms with van der Waals surface area (Å²) >= 11 is 1.58. The van der Waals surface area contributed by atoms with Gasteiger partial charge >= 0.3 is 0 Å². The quantitative estimate of drug-likeness (QED) is 0.702. The molecular formula is C20H23N5O4S.